The number of nitrogens with zero attached hydrogens (tertiary/aromatic N) is 1. The van der Waals surface area contributed by atoms with Crippen LogP contribution < -0.4 is 10.6 Å². The van der Waals surface area contributed by atoms with Crippen LogP contribution in [0.4, 0.5) is 5.69 Å². The van der Waals surface area contributed by atoms with Crippen LogP contribution >= 0.6 is 0 Å². The molecule has 3 N–H and O–H groups in total. The molecule has 2 amide bonds. The van der Waals surface area contributed by atoms with Crippen molar-refractivity contribution < 1.29 is 9.59 Å². The van der Waals surface area contributed by atoms with Gasteiger partial charge >= 0.3 is 0 Å². The van der Waals surface area contributed by atoms with Gasteiger partial charge in [0.05, 0.1) is 0 Å². The molecular weight excluding hydrogens is 340 g/mol. The number of anilines is 1. The van der Waals surface area contributed by atoms with E-state index in [1.807, 2.05) is 42.5 Å². The number of H-pyrrole nitrogens is 1. The summed E-state index contributed by atoms with van der Waals surface area (Å²) in [5.41, 5.74) is 2.10. The molecule has 27 heavy (non-hydrogen) atoms. The van der Waals surface area contributed by atoms with Crippen LogP contribution in [0.1, 0.15) is 17.3 Å². The third-order valence-corrected chi connectivity index (χ3v) is 4.52. The molecule has 6 nitrogen and oxygen atoms in total. The minimum absolute atomic E-state index is 0.283. The van der Waals surface area contributed by atoms with E-state index in [0.717, 1.165) is 21.7 Å². The lowest BCUT2D eigenvalue weighted by Gasteiger charge is -2.15. The molecule has 4 rings (SSSR count). The lowest BCUT2D eigenvalue weighted by Crippen LogP contribution is -2.41. The Morgan fingerprint density at radius 2 is 1.89 bits per heavy atom. The van der Waals surface area contributed by atoms with Gasteiger partial charge in [-0.2, -0.15) is 0 Å². The first-order valence-electron chi connectivity index (χ1n) is 8.64. The van der Waals surface area contributed by atoms with E-state index in [1.54, 1.807) is 31.6 Å². The van der Waals surface area contributed by atoms with Crippen LogP contribution in [-0.2, 0) is 4.79 Å². The number of amides is 2. The van der Waals surface area contributed by atoms with Gasteiger partial charge in [0.2, 0.25) is 5.91 Å². The van der Waals surface area contributed by atoms with Crippen LogP contribution in [0.3, 0.4) is 0 Å². The molecule has 1 atom stereocenters. The predicted octanol–water partition coefficient (Wildman–Crippen LogP) is 3.47. The molecule has 2 heterocycles. The van der Waals surface area contributed by atoms with Crippen LogP contribution in [0.25, 0.3) is 21.7 Å². The van der Waals surface area contributed by atoms with Crippen molar-refractivity contribution >= 4 is 39.2 Å². The molecule has 0 aliphatic carbocycles. The van der Waals surface area contributed by atoms with E-state index < -0.39 is 6.04 Å². The molecule has 0 radical (unpaired) electrons. The van der Waals surface area contributed by atoms with Crippen LogP contribution in [0.15, 0.2) is 67.1 Å². The smallest absolute Gasteiger partial charge is 0.252 e. The third-order valence-electron chi connectivity index (χ3n) is 4.52. The second-order valence-corrected chi connectivity index (χ2v) is 6.33. The fourth-order valence-electron chi connectivity index (χ4n) is 3.10. The highest BCUT2D eigenvalue weighted by Gasteiger charge is 2.19. The highest BCUT2D eigenvalue weighted by molar-refractivity contribution is 6.09. The summed E-state index contributed by atoms with van der Waals surface area (Å²) in [6.45, 7) is 1.66. The van der Waals surface area contributed by atoms with Gasteiger partial charge in [0, 0.05) is 51.5 Å². The Hall–Kier alpha value is -3.67. The van der Waals surface area contributed by atoms with Gasteiger partial charge in [-0.05, 0) is 37.3 Å². The quantitative estimate of drug-likeness (QED) is 0.522. The van der Waals surface area contributed by atoms with Crippen molar-refractivity contribution in [2.24, 2.45) is 0 Å². The molecule has 0 aliphatic heterocycles. The van der Waals surface area contributed by atoms with E-state index in [2.05, 4.69) is 20.6 Å². The second kappa shape index (κ2) is 6.92. The van der Waals surface area contributed by atoms with Crippen molar-refractivity contribution in [1.82, 2.24) is 15.3 Å². The Kier molecular flexibility index (Phi) is 4.30. The topological polar surface area (TPSA) is 86.9 Å². The van der Waals surface area contributed by atoms with E-state index in [-0.39, 0.29) is 11.8 Å². The molecule has 1 unspecified atom stereocenters. The Balaban J connectivity index is 1.51. The van der Waals surface area contributed by atoms with Gasteiger partial charge in [0.15, 0.2) is 0 Å². The van der Waals surface area contributed by atoms with Gasteiger partial charge in [-0.3, -0.25) is 14.6 Å². The van der Waals surface area contributed by atoms with Crippen molar-refractivity contribution in [2.75, 3.05) is 5.32 Å². The lowest BCUT2D eigenvalue weighted by molar-refractivity contribution is -0.117. The average molecular weight is 358 g/mol. The maximum Gasteiger partial charge on any atom is 0.252 e. The molecule has 0 bridgehead atoms. The summed E-state index contributed by atoms with van der Waals surface area (Å²) in [6.07, 6.45) is 5.21. The highest BCUT2D eigenvalue weighted by Crippen LogP contribution is 2.22. The number of aromatic nitrogens is 2. The Labute approximate surface area is 155 Å². The number of hydrogen-bond acceptors (Lipinski definition) is 3. The summed E-state index contributed by atoms with van der Waals surface area (Å²) in [5, 5.41) is 8.31. The number of nitrogens with one attached hydrogen (secondary N) is 3. The molecule has 6 heteroatoms. The SMILES string of the molecule is CC(NC(=O)c1cccc2[nH]ccc12)C(=O)Nc1cccc2cnccc12. The summed E-state index contributed by atoms with van der Waals surface area (Å²) in [6, 6.07) is 14.1. The number of aromatic amines is 1. The number of carbonyl (C=O) groups excluding carboxylic acids is 2. The van der Waals surface area contributed by atoms with E-state index in [4.69, 9.17) is 0 Å². The average Bonchev–Trinajstić information content (AvgIpc) is 3.17. The van der Waals surface area contributed by atoms with Crippen LogP contribution in [-0.4, -0.2) is 27.8 Å². The van der Waals surface area contributed by atoms with Crippen molar-refractivity contribution in [2.45, 2.75) is 13.0 Å². The molecule has 0 saturated carbocycles. The second-order valence-electron chi connectivity index (χ2n) is 6.33. The minimum Gasteiger partial charge on any atom is -0.361 e. The van der Waals surface area contributed by atoms with Crippen molar-refractivity contribution in [3.05, 3.63) is 72.7 Å². The normalized spacial score (nSPS) is 12.0. The number of carbonyl (C=O) groups is 2. The molecular formula is C21H18N4O2. The van der Waals surface area contributed by atoms with Gasteiger partial charge < -0.3 is 15.6 Å². The molecule has 0 saturated heterocycles. The predicted molar refractivity (Wildman–Crippen MR) is 106 cm³/mol. The molecule has 0 spiro atoms. The van der Waals surface area contributed by atoms with Crippen LogP contribution in [0.2, 0.25) is 0 Å². The van der Waals surface area contributed by atoms with E-state index in [9.17, 15) is 9.59 Å². The number of fused-ring (bicyclic) bond motifs is 2. The minimum atomic E-state index is -0.691. The summed E-state index contributed by atoms with van der Waals surface area (Å²) in [7, 11) is 0. The fourth-order valence-corrected chi connectivity index (χ4v) is 3.10. The first kappa shape index (κ1) is 16.8. The molecule has 2 aromatic heterocycles. The maximum atomic E-state index is 12.6. The summed E-state index contributed by atoms with van der Waals surface area (Å²) in [4.78, 5) is 32.4. The lowest BCUT2D eigenvalue weighted by atomic mass is 10.1. The third kappa shape index (κ3) is 3.25. The zero-order valence-electron chi connectivity index (χ0n) is 14.7. The van der Waals surface area contributed by atoms with Crippen LogP contribution in [0.5, 0.6) is 0 Å². The summed E-state index contributed by atoms with van der Waals surface area (Å²) >= 11 is 0. The molecule has 0 aliphatic rings. The number of pyridine rings is 1. The van der Waals surface area contributed by atoms with Gasteiger partial charge in [-0.25, -0.2) is 0 Å². The maximum absolute atomic E-state index is 12.6. The van der Waals surface area contributed by atoms with Crippen molar-refractivity contribution in [3.8, 4) is 0 Å². The zero-order chi connectivity index (χ0) is 18.8. The number of benzene rings is 2. The van der Waals surface area contributed by atoms with E-state index >= 15 is 0 Å². The van der Waals surface area contributed by atoms with E-state index in [1.165, 1.54) is 0 Å². The molecule has 2 aromatic carbocycles. The van der Waals surface area contributed by atoms with Crippen molar-refractivity contribution in [3.63, 3.8) is 0 Å². The Bertz CT molecular complexity index is 1140. The molecule has 134 valence electrons. The van der Waals surface area contributed by atoms with Gasteiger partial charge in [-0.1, -0.05) is 18.2 Å². The summed E-state index contributed by atoms with van der Waals surface area (Å²) < 4.78 is 0. The Morgan fingerprint density at radius 3 is 2.78 bits per heavy atom. The van der Waals surface area contributed by atoms with Gasteiger partial charge in [0.25, 0.3) is 5.91 Å². The monoisotopic (exact) mass is 358 g/mol. The first-order valence-corrected chi connectivity index (χ1v) is 8.64. The van der Waals surface area contributed by atoms with Gasteiger partial charge in [-0.15, -0.1) is 0 Å². The number of hydrogen-bond donors (Lipinski definition) is 3. The fraction of sp³-hybridized carbons (Fsp3) is 0.0952. The summed E-state index contributed by atoms with van der Waals surface area (Å²) in [5.74, 6) is -0.570. The molecule has 4 aromatic rings. The van der Waals surface area contributed by atoms with E-state index in [0.29, 0.717) is 11.3 Å². The first-order chi connectivity index (χ1) is 13.1. The highest BCUT2D eigenvalue weighted by atomic mass is 16.2. The standard InChI is InChI=1S/C21H18N4O2/c1-13(24-21(27)17-5-3-6-18-16(17)9-11-23-18)20(26)25-19-7-2-4-14-12-22-10-8-15(14)19/h2-13,23H,1H3,(H,24,27)(H,25,26). The zero-order valence-corrected chi connectivity index (χ0v) is 14.7. The Morgan fingerprint density at radius 1 is 1.04 bits per heavy atom. The van der Waals surface area contributed by atoms with Crippen molar-refractivity contribution in [1.29, 1.82) is 0 Å². The van der Waals surface area contributed by atoms with Crippen LogP contribution in [0, 0.1) is 0 Å². The largest absolute Gasteiger partial charge is 0.361 e. The van der Waals surface area contributed by atoms with Gasteiger partial charge in [0.1, 0.15) is 6.04 Å². The number of rotatable bonds is 4. The molecule has 0 fully saturated rings.